The van der Waals surface area contributed by atoms with E-state index in [0.29, 0.717) is 0 Å². The van der Waals surface area contributed by atoms with Crippen LogP contribution in [0.25, 0.3) is 0 Å². The maximum Gasteiger partial charge on any atom is 0 e. The molecule has 65 valence electrons. The molecular formula is C10H14Cu. The molecule has 0 aliphatic heterocycles. The van der Waals surface area contributed by atoms with Gasteiger partial charge in [0.15, 0.2) is 0 Å². The third-order valence-corrected chi connectivity index (χ3v) is 2.07. The van der Waals surface area contributed by atoms with Crippen LogP contribution in [0, 0.1) is 27.7 Å². The van der Waals surface area contributed by atoms with E-state index in [1.165, 1.54) is 22.3 Å². The van der Waals surface area contributed by atoms with Crippen molar-refractivity contribution in [3.8, 4) is 0 Å². The molecule has 1 aromatic carbocycles. The Morgan fingerprint density at radius 1 is 0.818 bits per heavy atom. The van der Waals surface area contributed by atoms with Gasteiger partial charge in [-0.3, -0.25) is 0 Å². The third-order valence-electron chi connectivity index (χ3n) is 2.07. The number of rotatable bonds is 0. The number of benzene rings is 1. The second-order valence-corrected chi connectivity index (χ2v) is 3.02. The minimum Gasteiger partial charge on any atom is -0.0561 e. The zero-order chi connectivity index (χ0) is 7.72. The van der Waals surface area contributed by atoms with Gasteiger partial charge in [0, 0.05) is 17.1 Å². The Morgan fingerprint density at radius 2 is 1.18 bits per heavy atom. The van der Waals surface area contributed by atoms with E-state index in [2.05, 4.69) is 39.8 Å². The third kappa shape index (κ3) is 2.35. The Labute approximate surface area is 79.5 Å². The second-order valence-electron chi connectivity index (χ2n) is 3.02. The summed E-state index contributed by atoms with van der Waals surface area (Å²) in [6, 6.07) is 4.45. The van der Waals surface area contributed by atoms with Gasteiger partial charge in [-0.15, -0.1) is 0 Å². The summed E-state index contributed by atoms with van der Waals surface area (Å²) in [6.07, 6.45) is 0. The van der Waals surface area contributed by atoms with E-state index in [1.807, 2.05) is 0 Å². The molecule has 0 amide bonds. The first-order valence-electron chi connectivity index (χ1n) is 3.65. The fourth-order valence-corrected chi connectivity index (χ4v) is 1.25. The van der Waals surface area contributed by atoms with Gasteiger partial charge < -0.3 is 0 Å². The molecular weight excluding hydrogens is 184 g/mol. The molecule has 1 rings (SSSR count). The summed E-state index contributed by atoms with van der Waals surface area (Å²) in [5.74, 6) is 0. The minimum absolute atomic E-state index is 0. The average molecular weight is 198 g/mol. The van der Waals surface area contributed by atoms with Crippen molar-refractivity contribution in [3.05, 3.63) is 34.4 Å². The van der Waals surface area contributed by atoms with Crippen molar-refractivity contribution in [1.82, 2.24) is 0 Å². The van der Waals surface area contributed by atoms with E-state index in [4.69, 9.17) is 0 Å². The van der Waals surface area contributed by atoms with Gasteiger partial charge in [0.05, 0.1) is 0 Å². The minimum atomic E-state index is 0. The van der Waals surface area contributed by atoms with Crippen LogP contribution in [0.1, 0.15) is 22.3 Å². The molecule has 1 radical (unpaired) electrons. The van der Waals surface area contributed by atoms with Crippen molar-refractivity contribution in [1.29, 1.82) is 0 Å². The van der Waals surface area contributed by atoms with E-state index in [-0.39, 0.29) is 17.1 Å². The average Bonchev–Trinajstić information content (AvgIpc) is 1.82. The summed E-state index contributed by atoms with van der Waals surface area (Å²) < 4.78 is 0. The first kappa shape index (κ1) is 10.7. The van der Waals surface area contributed by atoms with Gasteiger partial charge in [0.25, 0.3) is 0 Å². The van der Waals surface area contributed by atoms with Gasteiger partial charge in [0.2, 0.25) is 0 Å². The fraction of sp³-hybridized carbons (Fsp3) is 0.400. The molecule has 0 bridgehead atoms. The van der Waals surface area contributed by atoms with Crippen molar-refractivity contribution in [3.63, 3.8) is 0 Å². The van der Waals surface area contributed by atoms with Gasteiger partial charge in [-0.2, -0.15) is 0 Å². The molecule has 0 spiro atoms. The van der Waals surface area contributed by atoms with Crippen molar-refractivity contribution < 1.29 is 17.1 Å². The summed E-state index contributed by atoms with van der Waals surface area (Å²) in [5, 5.41) is 0. The van der Waals surface area contributed by atoms with Gasteiger partial charge >= 0.3 is 0 Å². The van der Waals surface area contributed by atoms with Crippen LogP contribution < -0.4 is 0 Å². The monoisotopic (exact) mass is 197 g/mol. The molecule has 0 saturated heterocycles. The Hall–Kier alpha value is -0.261. The standard InChI is InChI=1S/C10H14.Cu/c1-7-5-8(2)10(4)9(3)6-7;/h5-6H,1-4H3;. The van der Waals surface area contributed by atoms with Crippen molar-refractivity contribution >= 4 is 0 Å². The Balaban J connectivity index is 0.000001000. The van der Waals surface area contributed by atoms with E-state index < -0.39 is 0 Å². The van der Waals surface area contributed by atoms with Gasteiger partial charge in [0.1, 0.15) is 0 Å². The van der Waals surface area contributed by atoms with E-state index in [9.17, 15) is 0 Å². The van der Waals surface area contributed by atoms with Crippen LogP contribution in [0.2, 0.25) is 0 Å². The molecule has 0 aromatic heterocycles. The summed E-state index contributed by atoms with van der Waals surface area (Å²) in [5.41, 5.74) is 5.58. The Morgan fingerprint density at radius 3 is 1.55 bits per heavy atom. The first-order chi connectivity index (χ1) is 4.61. The number of hydrogen-bond donors (Lipinski definition) is 0. The van der Waals surface area contributed by atoms with Crippen molar-refractivity contribution in [2.24, 2.45) is 0 Å². The normalized spacial score (nSPS) is 9.09. The maximum absolute atomic E-state index is 2.22. The van der Waals surface area contributed by atoms with Crippen LogP contribution in [0.4, 0.5) is 0 Å². The molecule has 1 heteroatoms. The quantitative estimate of drug-likeness (QED) is 0.562. The van der Waals surface area contributed by atoms with Crippen LogP contribution in [-0.4, -0.2) is 0 Å². The summed E-state index contributed by atoms with van der Waals surface area (Å²) in [6.45, 7) is 8.63. The van der Waals surface area contributed by atoms with E-state index >= 15 is 0 Å². The molecule has 11 heavy (non-hydrogen) atoms. The summed E-state index contributed by atoms with van der Waals surface area (Å²) >= 11 is 0. The topological polar surface area (TPSA) is 0 Å². The summed E-state index contributed by atoms with van der Waals surface area (Å²) in [4.78, 5) is 0. The molecule has 0 atom stereocenters. The largest absolute Gasteiger partial charge is 0.0561 e. The van der Waals surface area contributed by atoms with E-state index in [1.54, 1.807) is 0 Å². The molecule has 0 nitrogen and oxygen atoms in total. The van der Waals surface area contributed by atoms with Crippen LogP contribution in [0.3, 0.4) is 0 Å². The second kappa shape index (κ2) is 3.94. The van der Waals surface area contributed by atoms with Crippen molar-refractivity contribution in [2.75, 3.05) is 0 Å². The number of aryl methyl sites for hydroxylation is 3. The molecule has 0 aliphatic carbocycles. The Bertz CT molecular complexity index is 228. The van der Waals surface area contributed by atoms with E-state index in [0.717, 1.165) is 0 Å². The maximum atomic E-state index is 2.22. The van der Waals surface area contributed by atoms with Crippen LogP contribution >= 0.6 is 0 Å². The van der Waals surface area contributed by atoms with Gasteiger partial charge in [-0.05, 0) is 44.4 Å². The molecule has 0 unspecified atom stereocenters. The van der Waals surface area contributed by atoms with Gasteiger partial charge in [-0.25, -0.2) is 0 Å². The van der Waals surface area contributed by atoms with Crippen LogP contribution in [-0.2, 0) is 17.1 Å². The zero-order valence-electron chi connectivity index (χ0n) is 7.46. The van der Waals surface area contributed by atoms with Gasteiger partial charge in [-0.1, -0.05) is 17.7 Å². The molecule has 0 aliphatic rings. The Kier molecular flexibility index (Phi) is 3.85. The predicted molar refractivity (Wildman–Crippen MR) is 45.4 cm³/mol. The summed E-state index contributed by atoms with van der Waals surface area (Å²) in [7, 11) is 0. The fourth-order valence-electron chi connectivity index (χ4n) is 1.25. The smallest absolute Gasteiger partial charge is 0 e. The molecule has 0 N–H and O–H groups in total. The van der Waals surface area contributed by atoms with Crippen molar-refractivity contribution in [2.45, 2.75) is 27.7 Å². The molecule has 0 heterocycles. The first-order valence-corrected chi connectivity index (χ1v) is 3.65. The molecule has 0 saturated carbocycles. The zero-order valence-corrected chi connectivity index (χ0v) is 8.40. The SMILES string of the molecule is Cc1cc(C)c(C)c(C)c1.[Cu]. The molecule has 1 aromatic rings. The molecule has 0 fully saturated rings. The van der Waals surface area contributed by atoms with Crippen LogP contribution in [0.15, 0.2) is 12.1 Å². The number of hydrogen-bond acceptors (Lipinski definition) is 0. The predicted octanol–water partition coefficient (Wildman–Crippen LogP) is 2.92. The van der Waals surface area contributed by atoms with Crippen LogP contribution in [0.5, 0.6) is 0 Å².